The lowest BCUT2D eigenvalue weighted by Gasteiger charge is -2.07. The Morgan fingerprint density at radius 2 is 1.92 bits per heavy atom. The average Bonchev–Trinajstić information content (AvgIpc) is 3.08. The van der Waals surface area contributed by atoms with Crippen LogP contribution in [-0.4, -0.2) is 24.5 Å². The van der Waals surface area contributed by atoms with E-state index in [-0.39, 0.29) is 17.5 Å². The van der Waals surface area contributed by atoms with E-state index < -0.39 is 0 Å². The van der Waals surface area contributed by atoms with E-state index in [1.54, 1.807) is 23.0 Å². The molecule has 0 saturated heterocycles. The van der Waals surface area contributed by atoms with Crippen LogP contribution in [0.3, 0.4) is 0 Å². The van der Waals surface area contributed by atoms with E-state index in [0.717, 1.165) is 29.5 Å². The quantitative estimate of drug-likeness (QED) is 0.525. The fraction of sp³-hybridized carbons (Fsp3) is 0.357. The van der Waals surface area contributed by atoms with Gasteiger partial charge in [0.1, 0.15) is 10.7 Å². The van der Waals surface area contributed by atoms with Crippen LogP contribution in [0, 0.1) is 0 Å². The summed E-state index contributed by atoms with van der Waals surface area (Å²) in [6.45, 7) is 0. The third-order valence-electron chi connectivity index (χ3n) is 3.95. The predicted molar refractivity (Wildman–Crippen MR) is 95.1 cm³/mol. The van der Waals surface area contributed by atoms with E-state index in [2.05, 4.69) is 19.9 Å². The van der Waals surface area contributed by atoms with Gasteiger partial charge in [0.15, 0.2) is 5.16 Å². The van der Waals surface area contributed by atoms with E-state index in [1.165, 1.54) is 22.2 Å². The number of hydrogen-bond donors (Lipinski definition) is 2. The maximum absolute atomic E-state index is 12.7. The van der Waals surface area contributed by atoms with Gasteiger partial charge >= 0.3 is 0 Å². The first kappa shape index (κ1) is 15.3. The van der Waals surface area contributed by atoms with Crippen molar-refractivity contribution in [2.45, 2.75) is 30.2 Å². The highest BCUT2D eigenvalue weighted by molar-refractivity contribution is 7.98. The Hall–Kier alpha value is -2.20. The highest BCUT2D eigenvalue weighted by Gasteiger charge is 2.22. The summed E-state index contributed by atoms with van der Waals surface area (Å²) >= 11 is 3.01. The first-order valence-corrected chi connectivity index (χ1v) is 9.23. The Morgan fingerprint density at radius 1 is 1.17 bits per heavy atom. The van der Waals surface area contributed by atoms with Crippen LogP contribution in [0.1, 0.15) is 22.7 Å². The molecule has 24 heavy (non-hydrogen) atoms. The first-order valence-electron chi connectivity index (χ1n) is 7.43. The fourth-order valence-electron chi connectivity index (χ4n) is 2.89. The molecule has 124 valence electrons. The zero-order valence-corrected chi connectivity index (χ0v) is 14.6. The highest BCUT2D eigenvalue weighted by Crippen LogP contribution is 2.35. The van der Waals surface area contributed by atoms with Gasteiger partial charge in [-0.3, -0.25) is 9.36 Å². The summed E-state index contributed by atoms with van der Waals surface area (Å²) in [6.07, 6.45) is 3.15. The summed E-state index contributed by atoms with van der Waals surface area (Å²) < 4.78 is 1.59. The molecule has 8 nitrogen and oxygen atoms in total. The van der Waals surface area contributed by atoms with Crippen molar-refractivity contribution in [3.63, 3.8) is 0 Å². The number of nitrogens with two attached hydrogens (primary N) is 2. The van der Waals surface area contributed by atoms with Crippen LogP contribution < -0.4 is 17.0 Å². The molecule has 4 N–H and O–H groups in total. The zero-order chi connectivity index (χ0) is 16.8. The number of hydrogen-bond acceptors (Lipinski definition) is 9. The van der Waals surface area contributed by atoms with Gasteiger partial charge in [-0.05, 0) is 24.8 Å². The van der Waals surface area contributed by atoms with Gasteiger partial charge in [0.2, 0.25) is 11.9 Å². The van der Waals surface area contributed by atoms with Crippen molar-refractivity contribution >= 4 is 45.2 Å². The minimum Gasteiger partial charge on any atom is -0.368 e. The third kappa shape index (κ3) is 2.51. The molecule has 0 bridgehead atoms. The molecule has 3 aromatic rings. The number of thiophene rings is 1. The molecule has 3 heterocycles. The summed E-state index contributed by atoms with van der Waals surface area (Å²) in [4.78, 5) is 31.4. The molecule has 1 aliphatic carbocycles. The molecule has 0 aliphatic heterocycles. The largest absolute Gasteiger partial charge is 0.368 e. The molecular formula is C14H15N7OS2. The van der Waals surface area contributed by atoms with Crippen LogP contribution in [0.25, 0.3) is 10.2 Å². The lowest BCUT2D eigenvalue weighted by molar-refractivity contribution is 0.726. The van der Waals surface area contributed by atoms with Crippen LogP contribution in [-0.2, 0) is 25.6 Å². The Morgan fingerprint density at radius 3 is 2.67 bits per heavy atom. The maximum atomic E-state index is 12.7. The maximum Gasteiger partial charge on any atom is 0.262 e. The van der Waals surface area contributed by atoms with Gasteiger partial charge in [0, 0.05) is 11.9 Å². The number of nitrogens with zero attached hydrogens (tertiary/aromatic N) is 5. The Bertz CT molecular complexity index is 990. The van der Waals surface area contributed by atoms with Gasteiger partial charge in [-0.1, -0.05) is 11.8 Å². The van der Waals surface area contributed by atoms with Crippen LogP contribution in [0.5, 0.6) is 0 Å². The minimum atomic E-state index is 0.0107. The minimum absolute atomic E-state index is 0.0107. The molecule has 0 aromatic carbocycles. The monoisotopic (exact) mass is 361 g/mol. The van der Waals surface area contributed by atoms with Crippen LogP contribution in [0.2, 0.25) is 0 Å². The fourth-order valence-corrected chi connectivity index (χ4v) is 5.01. The second-order valence-corrected chi connectivity index (χ2v) is 7.58. The van der Waals surface area contributed by atoms with Crippen molar-refractivity contribution in [3.05, 3.63) is 26.6 Å². The normalized spacial score (nSPS) is 13.5. The van der Waals surface area contributed by atoms with Gasteiger partial charge in [-0.15, -0.1) is 11.3 Å². The number of nitrogen functional groups attached to an aromatic ring is 2. The standard InChI is InChI=1S/C14H15N7OS2/c1-21-11(22)9-6-3-2-4-7(6)24-10(9)19-14(21)23-5-8-17-12(15)20-13(16)18-8/h2-5H2,1H3,(H4,15,16,17,18,20). The van der Waals surface area contributed by atoms with Crippen LogP contribution in [0.15, 0.2) is 9.95 Å². The summed E-state index contributed by atoms with van der Waals surface area (Å²) in [5, 5.41) is 1.41. The number of fused-ring (bicyclic) bond motifs is 3. The van der Waals surface area contributed by atoms with Crippen molar-refractivity contribution in [1.82, 2.24) is 24.5 Å². The smallest absolute Gasteiger partial charge is 0.262 e. The van der Waals surface area contributed by atoms with Gasteiger partial charge < -0.3 is 11.5 Å². The van der Waals surface area contributed by atoms with Gasteiger partial charge in [0.05, 0.1) is 11.1 Å². The lowest BCUT2D eigenvalue weighted by atomic mass is 10.2. The van der Waals surface area contributed by atoms with E-state index in [0.29, 0.717) is 16.7 Å². The van der Waals surface area contributed by atoms with E-state index in [1.807, 2.05) is 0 Å². The molecule has 0 saturated carbocycles. The summed E-state index contributed by atoms with van der Waals surface area (Å²) in [6, 6.07) is 0. The Balaban J connectivity index is 1.70. The topological polar surface area (TPSA) is 126 Å². The molecule has 0 amide bonds. The molecule has 0 atom stereocenters. The van der Waals surface area contributed by atoms with E-state index in [9.17, 15) is 4.79 Å². The molecular weight excluding hydrogens is 346 g/mol. The van der Waals surface area contributed by atoms with Gasteiger partial charge in [-0.2, -0.15) is 15.0 Å². The molecule has 10 heteroatoms. The van der Waals surface area contributed by atoms with Gasteiger partial charge in [0.25, 0.3) is 5.56 Å². The van der Waals surface area contributed by atoms with Gasteiger partial charge in [-0.25, -0.2) is 4.98 Å². The number of rotatable bonds is 3. The van der Waals surface area contributed by atoms with E-state index in [4.69, 9.17) is 11.5 Å². The summed E-state index contributed by atoms with van der Waals surface area (Å²) in [5.41, 5.74) is 12.4. The van der Waals surface area contributed by atoms with E-state index >= 15 is 0 Å². The highest BCUT2D eigenvalue weighted by atomic mass is 32.2. The number of anilines is 2. The number of aromatic nitrogens is 5. The zero-order valence-electron chi connectivity index (χ0n) is 12.9. The number of thioether (sulfide) groups is 1. The molecule has 3 aromatic heterocycles. The first-order chi connectivity index (χ1) is 11.5. The van der Waals surface area contributed by atoms with Crippen molar-refractivity contribution in [3.8, 4) is 0 Å². The third-order valence-corrected chi connectivity index (χ3v) is 6.16. The lowest BCUT2D eigenvalue weighted by Crippen LogP contribution is -2.20. The average molecular weight is 361 g/mol. The summed E-state index contributed by atoms with van der Waals surface area (Å²) in [5.74, 6) is 1.05. The SMILES string of the molecule is Cn1c(SCc2nc(N)nc(N)n2)nc2sc3c(c2c1=O)CCC3. The second-order valence-electron chi connectivity index (χ2n) is 5.55. The van der Waals surface area contributed by atoms with Crippen LogP contribution >= 0.6 is 23.1 Å². The summed E-state index contributed by atoms with van der Waals surface area (Å²) in [7, 11) is 1.74. The Labute approximate surface area is 145 Å². The molecule has 0 fully saturated rings. The van der Waals surface area contributed by atoms with Crippen molar-refractivity contribution in [2.24, 2.45) is 7.05 Å². The van der Waals surface area contributed by atoms with Crippen molar-refractivity contribution in [2.75, 3.05) is 11.5 Å². The molecule has 0 radical (unpaired) electrons. The second kappa shape index (κ2) is 5.71. The Kier molecular flexibility index (Phi) is 3.65. The van der Waals surface area contributed by atoms with Crippen molar-refractivity contribution in [1.29, 1.82) is 0 Å². The predicted octanol–water partition coefficient (Wildman–Crippen LogP) is 1.13. The molecule has 4 rings (SSSR count). The molecule has 0 spiro atoms. The molecule has 1 aliphatic rings. The van der Waals surface area contributed by atoms with Crippen molar-refractivity contribution < 1.29 is 0 Å². The number of aryl methyl sites for hydroxylation is 2. The van der Waals surface area contributed by atoms with Crippen LogP contribution in [0.4, 0.5) is 11.9 Å². The molecule has 0 unspecified atom stereocenters.